The van der Waals surface area contributed by atoms with Gasteiger partial charge in [0.1, 0.15) is 17.3 Å². The van der Waals surface area contributed by atoms with Crippen LogP contribution < -0.4 is 53.6 Å². The summed E-state index contributed by atoms with van der Waals surface area (Å²) in [6, 6.07) is 33.9. The summed E-state index contributed by atoms with van der Waals surface area (Å²) in [6.45, 7) is 9.86. The first kappa shape index (κ1) is 125. The Morgan fingerprint density at radius 2 is 0.943 bits per heavy atom. The van der Waals surface area contributed by atoms with Gasteiger partial charge in [-0.25, -0.2) is 9.59 Å². The molecular weight excluding hydrogens is 1930 g/mol. The van der Waals surface area contributed by atoms with Crippen LogP contribution in [0.3, 0.4) is 0 Å². The van der Waals surface area contributed by atoms with Gasteiger partial charge in [-0.1, -0.05) is 116 Å². The molecule has 14 N–H and O–H groups in total. The van der Waals surface area contributed by atoms with Crippen LogP contribution in [-0.2, 0) is 79.8 Å². The Labute approximate surface area is 833 Å². The van der Waals surface area contributed by atoms with Gasteiger partial charge >= 0.3 is 40.5 Å². The summed E-state index contributed by atoms with van der Waals surface area (Å²) < 4.78 is 18.5. The number of aldehydes is 2. The number of amides is 9. The number of aromatic nitrogens is 3. The molecule has 4 fully saturated rings. The summed E-state index contributed by atoms with van der Waals surface area (Å²) in [5.41, 5.74) is 27.5. The number of nitrogen functional groups attached to an aromatic ring is 1. The van der Waals surface area contributed by atoms with Crippen LogP contribution in [0.4, 0.5) is 32.3 Å². The SMILES string of the molecule is C.C#CCCCC(=O)NCCCC(=O)CCCC[C@@H]1SC[C@@H]2NC(=O)N[C@@H]21.CC(=O)c1cccc(N)c1.CC(=O)c1cccc(NC(=O)CCN=[N+]=[N-])c1.CCCC(=O)Nc1cccc(C(C)=O)c1.CCCC(=O)O.O.O=CC(=O)c1cccc(CC(=O)CCn2cc(CCCC(=O)NCCCC(=O)CCCC[C@@H]3SC[C@@H]4NC(=O)N[C@@H]43)nn2)c1.O=[Se]=O.[N-]=[N+]=NCCC(=O)Nc1cccc(C(=O)C=O)c1. The number of urea groups is 2. The van der Waals surface area contributed by atoms with Crippen LogP contribution in [0.1, 0.15) is 259 Å². The van der Waals surface area contributed by atoms with Gasteiger partial charge in [-0.15, -0.1) is 17.4 Å². The van der Waals surface area contributed by atoms with Crippen LogP contribution >= 0.6 is 23.5 Å². The maximum Gasteiger partial charge on any atom is 0.225 e. The number of benzene rings is 5. The molecule has 1 aromatic heterocycles. The van der Waals surface area contributed by atoms with Gasteiger partial charge in [0, 0.05) is 205 Å². The number of anilines is 4. The van der Waals surface area contributed by atoms with Gasteiger partial charge in [0.2, 0.25) is 41.1 Å². The van der Waals surface area contributed by atoms with Crippen molar-refractivity contribution in [3.8, 4) is 12.3 Å². The zero-order chi connectivity index (χ0) is 103. The van der Waals surface area contributed by atoms with Gasteiger partial charge in [-0.3, -0.25) is 81.4 Å². The third kappa shape index (κ3) is 55.4. The van der Waals surface area contributed by atoms with E-state index in [0.717, 1.165) is 68.6 Å². The van der Waals surface area contributed by atoms with Crippen LogP contribution in [0.15, 0.2) is 138 Å². The van der Waals surface area contributed by atoms with Crippen LogP contribution in [-0.4, -0.2) is 219 Å². The Balaban J connectivity index is 0.000000881. The fourth-order valence-corrected chi connectivity index (χ4v) is 16.7. The summed E-state index contributed by atoms with van der Waals surface area (Å²) in [7, 11) is 0. The first-order valence-electron chi connectivity index (χ1n) is 45.3. The molecule has 6 atom stereocenters. The molecule has 5 aromatic carbocycles. The number of nitrogens with one attached hydrogen (secondary N) is 9. The second-order valence-corrected chi connectivity index (χ2v) is 34.6. The van der Waals surface area contributed by atoms with Crippen molar-refractivity contribution in [1.82, 2.24) is 46.9 Å². The minimum absolute atomic E-state index is 0. The zero-order valence-electron chi connectivity index (χ0n) is 79.1. The number of ketones is 8. The number of carbonyl (C=O) groups is 18. The molecule has 0 unspecified atom stereocenters. The number of aryl methyl sites for hydroxylation is 2. The molecule has 6 aromatic rings. The van der Waals surface area contributed by atoms with Gasteiger partial charge in [-0.2, -0.15) is 23.5 Å². The molecule has 5 heterocycles. The molecule has 762 valence electrons. The van der Waals surface area contributed by atoms with Crippen molar-refractivity contribution in [2.45, 2.75) is 250 Å². The molecular formula is C97H129N19O22S2Se. The quantitative estimate of drug-likeness (QED) is 0.00144. The fraction of sp³-hybridized carbons (Fsp3) is 0.464. The smallest absolute Gasteiger partial charge is 0.225 e. The monoisotopic (exact) mass is 2060 g/mol. The molecule has 4 aliphatic heterocycles. The number of carbonyl (C=O) groups excluding carboxylic acids is 17. The number of carboxylic acid groups (broad SMARTS) is 1. The molecule has 41 nitrogen and oxygen atoms in total. The van der Waals surface area contributed by atoms with E-state index in [2.05, 4.69) is 84.1 Å². The molecule has 4 saturated heterocycles. The van der Waals surface area contributed by atoms with E-state index >= 15 is 0 Å². The fourth-order valence-electron chi connectivity index (χ4n) is 13.6. The van der Waals surface area contributed by atoms with Crippen molar-refractivity contribution in [3.63, 3.8) is 0 Å². The van der Waals surface area contributed by atoms with Crippen molar-refractivity contribution in [2.75, 3.05) is 59.4 Å². The van der Waals surface area contributed by atoms with Gasteiger partial charge in [0.25, 0.3) is 0 Å². The number of nitrogens with two attached hydrogens (primary N) is 1. The Bertz CT molecular complexity index is 5310. The number of thioether (sulfide) groups is 2. The first-order valence-corrected chi connectivity index (χ1v) is 48.8. The van der Waals surface area contributed by atoms with E-state index in [1.54, 1.807) is 120 Å². The third-order valence-corrected chi connectivity index (χ3v) is 23.6. The topological polar surface area (TPSA) is 656 Å². The molecule has 141 heavy (non-hydrogen) atoms. The molecule has 44 heteroatoms. The Morgan fingerprint density at radius 3 is 1.35 bits per heavy atom. The average Bonchev–Trinajstić information content (AvgIpc) is 1.67. The maximum absolute atomic E-state index is 12.4. The number of Topliss-reactive ketones (excluding diaryl/α,β-unsaturated/α-hetero) is 8. The number of aliphatic carboxylic acids is 1. The summed E-state index contributed by atoms with van der Waals surface area (Å²) in [4.78, 5) is 208. The van der Waals surface area contributed by atoms with Crippen molar-refractivity contribution >= 4 is 167 Å². The van der Waals surface area contributed by atoms with Crippen molar-refractivity contribution in [2.24, 2.45) is 10.2 Å². The van der Waals surface area contributed by atoms with Crippen molar-refractivity contribution in [3.05, 3.63) is 187 Å². The minimum Gasteiger partial charge on any atom is -0.326 e. The van der Waals surface area contributed by atoms with E-state index in [1.807, 2.05) is 37.4 Å². The van der Waals surface area contributed by atoms with Crippen molar-refractivity contribution in [1.29, 1.82) is 0 Å². The molecule has 9 amide bonds. The average molecular weight is 2060 g/mol. The van der Waals surface area contributed by atoms with E-state index in [4.69, 9.17) is 36.0 Å². The molecule has 10 rings (SSSR count). The molecule has 0 saturated carbocycles. The largest absolute Gasteiger partial charge is 0.326 e. The predicted octanol–water partition coefficient (Wildman–Crippen LogP) is 12.8. The second kappa shape index (κ2) is 74.2. The van der Waals surface area contributed by atoms with E-state index in [0.29, 0.717) is 165 Å². The van der Waals surface area contributed by atoms with E-state index in [9.17, 15) is 86.3 Å². The summed E-state index contributed by atoms with van der Waals surface area (Å²) in [5, 5.41) is 48.9. The number of azide groups is 2. The molecule has 4 aliphatic rings. The van der Waals surface area contributed by atoms with Gasteiger partial charge in [0.05, 0.1) is 29.9 Å². The van der Waals surface area contributed by atoms with Crippen LogP contribution in [0, 0.1) is 12.3 Å². The van der Waals surface area contributed by atoms with Crippen LogP contribution in [0.25, 0.3) is 20.9 Å². The van der Waals surface area contributed by atoms with Gasteiger partial charge < -0.3 is 64.2 Å². The zero-order valence-corrected chi connectivity index (χ0v) is 82.4. The van der Waals surface area contributed by atoms with Gasteiger partial charge in [0.15, 0.2) is 29.9 Å². The number of carboxylic acids is 1. The Hall–Kier alpha value is -13.9. The standard InChI is InChI=1S/C31H40N6O6S.C19H29N3O3S.C12H15NO2.C11H10N4O3.C11H12N4O2.C8H9NO.C4H8O2.CH4.O2Se.H2O/c38-19-27(41)22-7-3-6-21(16-22)17-25(40)13-15-37-18-23(35-36-37)8-4-12-29(42)32-14-5-10-24(39)9-1-2-11-28-30-26(20-44-28)33-31(43)34-30;1-2-3-4-11-17(24)20-12-7-9-14(23)8-5-6-10-16-18-15(13-26-16)21-19(25)22-18;1-3-5-12(15)13-11-7-4-6-10(8-11)9(2)14;12-15-13-5-4-11(18)14-9-3-1-2-8(6-9)10(17)7-16;1-8(16)9-3-2-4-10(7-9)14-11(17)5-6-13-15-12;1-6(10)7-3-2-4-8(9)5-7;1-2-3-4(5)6;;1-3-2;/h3,6-7,16,18-19,26,28,30H,1-2,4-5,8-15,17,20H2,(H,32,42)(H2,33,34,43);1,15-16,18H,3-13H2,(H,20,24)(H2,21,22,25);4,6-8H,3,5H2,1-2H3,(H,13,15);1-3,6-7H,4-5H2,(H,14,18);2-4,7H,5-6H2,1H3,(H,14,17);2-5H,9H2,1H3;2-3H2,1H3,(H,5,6);1H4;;1H2/t26-,28-,30-;15-,16-,18-;;;;;;;;/m00......../s1. The Kier molecular flexibility index (Phi) is 65.8. The maximum atomic E-state index is 12.4. The predicted molar refractivity (Wildman–Crippen MR) is 537 cm³/mol. The number of fused-ring (bicyclic) bond motifs is 2. The van der Waals surface area contributed by atoms with Crippen molar-refractivity contribution < 1.29 is 105 Å². The van der Waals surface area contributed by atoms with Crippen LogP contribution in [0.2, 0.25) is 0 Å². The number of rotatable bonds is 50. The Morgan fingerprint density at radius 1 is 0.532 bits per heavy atom. The number of terminal acetylenes is 1. The number of unbranched alkanes of at least 4 members (excludes halogenated alkanes) is 3. The first-order chi connectivity index (χ1) is 66.7. The number of nitrogens with zero attached hydrogens (tertiary/aromatic N) is 9. The molecule has 0 bridgehead atoms. The van der Waals surface area contributed by atoms with E-state index in [-0.39, 0.29) is 176 Å². The van der Waals surface area contributed by atoms with Gasteiger partial charge in [-0.05, 0) is 163 Å². The molecule has 0 aliphatic carbocycles. The van der Waals surface area contributed by atoms with E-state index in [1.165, 1.54) is 32.9 Å². The summed E-state index contributed by atoms with van der Waals surface area (Å²) in [6.07, 6.45) is 22.8. The molecule has 0 spiro atoms. The summed E-state index contributed by atoms with van der Waals surface area (Å²) >= 11 is 2.17. The summed E-state index contributed by atoms with van der Waals surface area (Å²) in [5.74, 6) is 2.25. The number of hydrogen-bond donors (Lipinski definition) is 11. The minimum atomic E-state index is -1.62. The van der Waals surface area contributed by atoms with E-state index < -0.39 is 32.4 Å². The number of hydrogen-bond acceptors (Lipinski definition) is 27. The third-order valence-electron chi connectivity index (χ3n) is 20.5. The second-order valence-electron chi connectivity index (χ2n) is 31.8. The normalized spacial score (nSPS) is 14.6. The molecule has 0 radical (unpaired) electrons. The van der Waals surface area contributed by atoms with Crippen LogP contribution in [0.5, 0.6) is 0 Å².